The van der Waals surface area contributed by atoms with Crippen molar-refractivity contribution in [2.45, 2.75) is 31.7 Å². The maximum absolute atomic E-state index is 13.2. The molecule has 3 heterocycles. The third-order valence-corrected chi connectivity index (χ3v) is 6.85. The van der Waals surface area contributed by atoms with Gasteiger partial charge in [0, 0.05) is 32.2 Å². The first-order valence-electron chi connectivity index (χ1n) is 10.4. The van der Waals surface area contributed by atoms with E-state index in [-0.39, 0.29) is 11.7 Å². The summed E-state index contributed by atoms with van der Waals surface area (Å²) in [6.07, 6.45) is 5.30. The summed E-state index contributed by atoms with van der Waals surface area (Å²) in [7, 11) is 0. The Bertz CT molecular complexity index is 955. The molecule has 0 N–H and O–H groups in total. The van der Waals surface area contributed by atoms with Crippen molar-refractivity contribution in [1.82, 2.24) is 24.6 Å². The van der Waals surface area contributed by atoms with Crippen LogP contribution in [0.3, 0.4) is 0 Å². The van der Waals surface area contributed by atoms with Crippen LogP contribution in [0.15, 0.2) is 47.8 Å². The van der Waals surface area contributed by atoms with E-state index in [1.165, 1.54) is 25.7 Å². The van der Waals surface area contributed by atoms with Crippen molar-refractivity contribution >= 4 is 17.2 Å². The van der Waals surface area contributed by atoms with Crippen LogP contribution in [0, 0.1) is 0 Å². The largest absolute Gasteiger partial charge is 0.333 e. The van der Waals surface area contributed by atoms with Gasteiger partial charge in [0.25, 0.3) is 5.91 Å². The number of para-hydroxylation sites is 1. The minimum Gasteiger partial charge on any atom is -0.333 e. The third-order valence-electron chi connectivity index (χ3n) is 5.98. The van der Waals surface area contributed by atoms with Crippen molar-refractivity contribution in [1.29, 1.82) is 0 Å². The Kier molecular flexibility index (Phi) is 5.16. The Labute approximate surface area is 174 Å². The van der Waals surface area contributed by atoms with Gasteiger partial charge in [-0.3, -0.25) is 9.69 Å². The Morgan fingerprint density at radius 3 is 2.41 bits per heavy atom. The summed E-state index contributed by atoms with van der Waals surface area (Å²) in [6, 6.07) is 14.6. The molecule has 2 aliphatic rings. The number of carbonyl (C=O) groups is 1. The van der Waals surface area contributed by atoms with E-state index in [1.54, 1.807) is 16.0 Å². The minimum atomic E-state index is -0.0661. The molecule has 2 fully saturated rings. The van der Waals surface area contributed by atoms with Gasteiger partial charge in [0.2, 0.25) is 5.82 Å². The number of piperazine rings is 1. The molecule has 2 aromatic heterocycles. The van der Waals surface area contributed by atoms with Gasteiger partial charge < -0.3 is 4.90 Å². The van der Waals surface area contributed by atoms with Crippen molar-refractivity contribution in [3.63, 3.8) is 0 Å². The lowest BCUT2D eigenvalue weighted by molar-refractivity contribution is 0.0562. The average molecular weight is 408 g/mol. The summed E-state index contributed by atoms with van der Waals surface area (Å²) in [5, 5.41) is 6.63. The fourth-order valence-electron chi connectivity index (χ4n) is 4.42. The first-order valence-corrected chi connectivity index (χ1v) is 11.3. The number of hydrogen-bond acceptors (Lipinski definition) is 5. The second-order valence-electron chi connectivity index (χ2n) is 7.75. The van der Waals surface area contributed by atoms with Crippen LogP contribution in [0.5, 0.6) is 0 Å². The molecule has 5 rings (SSSR count). The van der Waals surface area contributed by atoms with E-state index in [4.69, 9.17) is 0 Å². The molecular weight excluding hydrogens is 382 g/mol. The van der Waals surface area contributed by atoms with E-state index < -0.39 is 0 Å². The molecule has 3 aromatic rings. The molecule has 1 saturated carbocycles. The third kappa shape index (κ3) is 3.72. The summed E-state index contributed by atoms with van der Waals surface area (Å²) in [5.41, 5.74) is 0.911. The zero-order valence-electron chi connectivity index (χ0n) is 16.4. The molecule has 0 atom stereocenters. The molecule has 0 radical (unpaired) electrons. The van der Waals surface area contributed by atoms with Gasteiger partial charge in [0.05, 0.1) is 10.6 Å². The normalized spacial score (nSPS) is 18.4. The molecule has 1 aliphatic carbocycles. The van der Waals surface area contributed by atoms with Crippen LogP contribution in [0.25, 0.3) is 16.4 Å². The minimum absolute atomic E-state index is 0.0661. The summed E-state index contributed by atoms with van der Waals surface area (Å²) in [4.78, 5) is 23.3. The van der Waals surface area contributed by atoms with Crippen molar-refractivity contribution in [2.75, 3.05) is 26.2 Å². The van der Waals surface area contributed by atoms with Crippen LogP contribution in [-0.4, -0.2) is 62.7 Å². The lowest BCUT2D eigenvalue weighted by Gasteiger charge is -2.37. The van der Waals surface area contributed by atoms with E-state index >= 15 is 0 Å². The fraction of sp³-hybridized carbons (Fsp3) is 0.409. The van der Waals surface area contributed by atoms with Crippen molar-refractivity contribution in [2.24, 2.45) is 0 Å². The van der Waals surface area contributed by atoms with Crippen molar-refractivity contribution in [3.8, 4) is 16.4 Å². The van der Waals surface area contributed by atoms with Crippen LogP contribution in [0.2, 0.25) is 0 Å². The maximum atomic E-state index is 13.2. The predicted molar refractivity (Wildman–Crippen MR) is 114 cm³/mol. The number of thiophene rings is 1. The highest BCUT2D eigenvalue weighted by atomic mass is 32.1. The van der Waals surface area contributed by atoms with Crippen LogP contribution in [-0.2, 0) is 0 Å². The van der Waals surface area contributed by atoms with Crippen molar-refractivity contribution in [3.05, 3.63) is 53.7 Å². The molecule has 29 heavy (non-hydrogen) atoms. The van der Waals surface area contributed by atoms with Gasteiger partial charge >= 0.3 is 0 Å². The number of amides is 1. The Balaban J connectivity index is 1.38. The summed E-state index contributed by atoms with van der Waals surface area (Å²) < 4.78 is 1.79. The Morgan fingerprint density at radius 1 is 0.966 bits per heavy atom. The van der Waals surface area contributed by atoms with Crippen LogP contribution < -0.4 is 0 Å². The van der Waals surface area contributed by atoms with Gasteiger partial charge in [-0.05, 0) is 36.4 Å². The smallest absolute Gasteiger partial charge is 0.293 e. The Morgan fingerprint density at radius 2 is 1.72 bits per heavy atom. The summed E-state index contributed by atoms with van der Waals surface area (Å²) >= 11 is 1.60. The molecule has 0 bridgehead atoms. The highest BCUT2D eigenvalue weighted by Gasteiger charge is 2.30. The fourth-order valence-corrected chi connectivity index (χ4v) is 5.12. The molecule has 1 amide bonds. The molecule has 6 nitrogen and oxygen atoms in total. The highest BCUT2D eigenvalue weighted by molar-refractivity contribution is 7.13. The quantitative estimate of drug-likeness (QED) is 0.662. The SMILES string of the molecule is O=C(c1nc(-c2cccs2)n(-c2ccccc2)n1)N1CCN(C2CCCC2)CC1. The van der Waals surface area contributed by atoms with Gasteiger partial charge in [-0.1, -0.05) is 37.1 Å². The lowest BCUT2D eigenvalue weighted by Crippen LogP contribution is -2.51. The molecular formula is C22H25N5OS. The molecule has 1 aliphatic heterocycles. The zero-order valence-corrected chi connectivity index (χ0v) is 17.2. The second kappa shape index (κ2) is 8.08. The summed E-state index contributed by atoms with van der Waals surface area (Å²) in [6.45, 7) is 3.41. The van der Waals surface area contributed by atoms with Crippen LogP contribution in [0.1, 0.15) is 36.3 Å². The average Bonchev–Trinajstić information content (AvgIpc) is 3.55. The number of aromatic nitrogens is 3. The topological polar surface area (TPSA) is 54.3 Å². The first kappa shape index (κ1) is 18.5. The van der Waals surface area contributed by atoms with E-state index in [9.17, 15) is 4.79 Å². The molecule has 1 saturated heterocycles. The second-order valence-corrected chi connectivity index (χ2v) is 8.70. The standard InChI is InChI=1S/C22H25N5OS/c28-22(26-14-12-25(13-15-26)17-7-4-5-8-17)20-23-21(19-11-6-16-29-19)27(24-20)18-9-2-1-3-10-18/h1-3,6,9-11,16-17H,4-5,7-8,12-15H2. The Hall–Kier alpha value is -2.51. The maximum Gasteiger partial charge on any atom is 0.293 e. The highest BCUT2D eigenvalue weighted by Crippen LogP contribution is 2.27. The molecule has 0 spiro atoms. The number of carbonyl (C=O) groups excluding carboxylic acids is 1. The number of rotatable bonds is 4. The zero-order chi connectivity index (χ0) is 19.6. The number of benzene rings is 1. The van der Waals surface area contributed by atoms with Crippen LogP contribution >= 0.6 is 11.3 Å². The van der Waals surface area contributed by atoms with Gasteiger partial charge in [-0.25, -0.2) is 9.67 Å². The van der Waals surface area contributed by atoms with Gasteiger partial charge in [0.15, 0.2) is 5.82 Å². The molecule has 0 unspecified atom stereocenters. The molecule has 150 valence electrons. The number of hydrogen-bond donors (Lipinski definition) is 0. The van der Waals surface area contributed by atoms with Crippen LogP contribution in [0.4, 0.5) is 0 Å². The monoisotopic (exact) mass is 407 g/mol. The van der Waals surface area contributed by atoms with E-state index in [0.29, 0.717) is 6.04 Å². The van der Waals surface area contributed by atoms with Crippen molar-refractivity contribution < 1.29 is 4.79 Å². The number of nitrogens with zero attached hydrogens (tertiary/aromatic N) is 5. The van der Waals surface area contributed by atoms with E-state index in [1.807, 2.05) is 52.7 Å². The summed E-state index contributed by atoms with van der Waals surface area (Å²) in [5.74, 6) is 0.939. The first-order chi connectivity index (χ1) is 14.3. The van der Waals surface area contributed by atoms with Gasteiger partial charge in [-0.2, -0.15) is 0 Å². The van der Waals surface area contributed by atoms with E-state index in [2.05, 4.69) is 15.0 Å². The van der Waals surface area contributed by atoms with E-state index in [0.717, 1.165) is 42.6 Å². The van der Waals surface area contributed by atoms with Gasteiger partial charge in [-0.15, -0.1) is 16.4 Å². The molecule has 7 heteroatoms. The lowest BCUT2D eigenvalue weighted by atomic mass is 10.2. The molecule has 1 aromatic carbocycles. The predicted octanol–water partition coefficient (Wildman–Crippen LogP) is 3.70. The van der Waals surface area contributed by atoms with Gasteiger partial charge in [0.1, 0.15) is 0 Å².